The summed E-state index contributed by atoms with van der Waals surface area (Å²) < 4.78 is 35.8. The van der Waals surface area contributed by atoms with Gasteiger partial charge in [-0.25, -0.2) is 9.97 Å². The van der Waals surface area contributed by atoms with Crippen molar-refractivity contribution in [3.8, 4) is 0 Å². The van der Waals surface area contributed by atoms with Crippen LogP contribution in [-0.4, -0.2) is 33.8 Å². The Morgan fingerprint density at radius 3 is 2.74 bits per heavy atom. The zero-order chi connectivity index (χ0) is 13.9. The lowest BCUT2D eigenvalue weighted by Gasteiger charge is -2.31. The van der Waals surface area contributed by atoms with Gasteiger partial charge in [0, 0.05) is 36.0 Å². The third-order valence-corrected chi connectivity index (χ3v) is 3.69. The van der Waals surface area contributed by atoms with Gasteiger partial charge in [-0.1, -0.05) is 0 Å². The molecule has 1 aliphatic carbocycles. The van der Waals surface area contributed by atoms with Gasteiger partial charge in [0.05, 0.1) is 0 Å². The largest absolute Gasteiger partial charge is 0.441 e. The highest BCUT2D eigenvalue weighted by atomic mass is 32.2. The number of aromatic nitrogens is 2. The first-order valence-corrected chi connectivity index (χ1v) is 6.94. The van der Waals surface area contributed by atoms with Crippen LogP contribution in [0, 0.1) is 0 Å². The second kappa shape index (κ2) is 5.96. The molecule has 1 fully saturated rings. The normalized spacial score (nSPS) is 22.9. The van der Waals surface area contributed by atoms with Gasteiger partial charge in [-0.3, -0.25) is 0 Å². The number of nitrogens with one attached hydrogen (secondary N) is 1. The fraction of sp³-hybridized carbons (Fsp3) is 0.636. The van der Waals surface area contributed by atoms with Gasteiger partial charge in [-0.2, -0.15) is 13.2 Å². The standard InChI is InChI=1S/C11H15F3N4S/c12-11(13,14)19-2-1-16-10-5-9(17-6-18-10)7-3-8(15)4-7/h5-8H,1-4,15H2,(H,16,17,18). The van der Waals surface area contributed by atoms with E-state index in [0.717, 1.165) is 18.5 Å². The zero-order valence-corrected chi connectivity index (χ0v) is 11.0. The van der Waals surface area contributed by atoms with E-state index in [9.17, 15) is 13.2 Å². The summed E-state index contributed by atoms with van der Waals surface area (Å²) >= 11 is -0.0431. The summed E-state index contributed by atoms with van der Waals surface area (Å²) in [6, 6.07) is 2.02. The Labute approximate surface area is 113 Å². The van der Waals surface area contributed by atoms with E-state index in [4.69, 9.17) is 5.73 Å². The molecule has 0 radical (unpaired) electrons. The van der Waals surface area contributed by atoms with Crippen molar-refractivity contribution >= 4 is 17.6 Å². The number of alkyl halides is 3. The molecule has 0 saturated heterocycles. The van der Waals surface area contributed by atoms with Crippen molar-refractivity contribution in [3.63, 3.8) is 0 Å². The molecule has 0 amide bonds. The molecule has 8 heteroatoms. The van der Waals surface area contributed by atoms with E-state index < -0.39 is 5.51 Å². The highest BCUT2D eigenvalue weighted by molar-refractivity contribution is 8.00. The van der Waals surface area contributed by atoms with Crippen LogP contribution in [0.5, 0.6) is 0 Å². The molecule has 0 atom stereocenters. The lowest BCUT2D eigenvalue weighted by atomic mass is 9.79. The van der Waals surface area contributed by atoms with Crippen LogP contribution in [0.2, 0.25) is 0 Å². The smallest absolute Gasteiger partial charge is 0.369 e. The van der Waals surface area contributed by atoms with E-state index in [1.165, 1.54) is 6.33 Å². The van der Waals surface area contributed by atoms with Gasteiger partial charge < -0.3 is 11.1 Å². The van der Waals surface area contributed by atoms with Crippen LogP contribution in [0.25, 0.3) is 0 Å². The average Bonchev–Trinajstić information content (AvgIpc) is 2.30. The number of rotatable bonds is 5. The van der Waals surface area contributed by atoms with E-state index in [2.05, 4.69) is 15.3 Å². The second-order valence-corrected chi connectivity index (χ2v) is 5.64. The number of hydrogen-bond acceptors (Lipinski definition) is 5. The second-order valence-electron chi connectivity index (χ2n) is 4.48. The fourth-order valence-electron chi connectivity index (χ4n) is 1.94. The maximum absolute atomic E-state index is 11.9. The minimum absolute atomic E-state index is 0.0431. The predicted octanol–water partition coefficient (Wildman–Crippen LogP) is 2.35. The van der Waals surface area contributed by atoms with Crippen molar-refractivity contribution in [2.45, 2.75) is 30.3 Å². The highest BCUT2D eigenvalue weighted by Gasteiger charge is 2.29. The molecule has 4 nitrogen and oxygen atoms in total. The molecule has 1 aromatic rings. The van der Waals surface area contributed by atoms with Crippen molar-refractivity contribution in [2.75, 3.05) is 17.6 Å². The van der Waals surface area contributed by atoms with Gasteiger partial charge in [0.2, 0.25) is 0 Å². The minimum Gasteiger partial charge on any atom is -0.369 e. The number of halogens is 3. The molecule has 1 aromatic heterocycles. The van der Waals surface area contributed by atoms with Gasteiger partial charge in [0.1, 0.15) is 12.1 Å². The number of nitrogens with zero attached hydrogens (tertiary/aromatic N) is 2. The summed E-state index contributed by atoms with van der Waals surface area (Å²) in [6.45, 7) is 0.213. The first-order valence-electron chi connectivity index (χ1n) is 5.96. The molecule has 2 rings (SSSR count). The van der Waals surface area contributed by atoms with Crippen molar-refractivity contribution in [1.29, 1.82) is 0 Å². The monoisotopic (exact) mass is 292 g/mol. The summed E-state index contributed by atoms with van der Waals surface area (Å²) in [6.07, 6.45) is 3.24. The lowest BCUT2D eigenvalue weighted by Crippen LogP contribution is -2.35. The van der Waals surface area contributed by atoms with Crippen molar-refractivity contribution < 1.29 is 13.2 Å². The Morgan fingerprint density at radius 2 is 2.11 bits per heavy atom. The van der Waals surface area contributed by atoms with Crippen LogP contribution in [0.1, 0.15) is 24.5 Å². The van der Waals surface area contributed by atoms with Gasteiger partial charge in [-0.15, -0.1) is 0 Å². The fourth-order valence-corrected chi connectivity index (χ4v) is 2.38. The van der Waals surface area contributed by atoms with Gasteiger partial charge in [-0.05, 0) is 24.6 Å². The van der Waals surface area contributed by atoms with Crippen LogP contribution in [0.3, 0.4) is 0 Å². The quantitative estimate of drug-likeness (QED) is 0.816. The molecule has 1 aliphatic rings. The van der Waals surface area contributed by atoms with Crippen molar-refractivity contribution in [2.24, 2.45) is 5.73 Å². The SMILES string of the molecule is NC1CC(c2cc(NCCSC(F)(F)F)ncn2)C1. The molecule has 106 valence electrons. The number of anilines is 1. The molecular weight excluding hydrogens is 277 g/mol. The Balaban J connectivity index is 1.79. The topological polar surface area (TPSA) is 63.8 Å². The van der Waals surface area contributed by atoms with E-state index in [0.29, 0.717) is 11.7 Å². The molecule has 0 aromatic carbocycles. The average molecular weight is 292 g/mol. The van der Waals surface area contributed by atoms with E-state index in [-0.39, 0.29) is 30.1 Å². The Bertz CT molecular complexity index is 421. The number of hydrogen-bond donors (Lipinski definition) is 2. The lowest BCUT2D eigenvalue weighted by molar-refractivity contribution is -0.0327. The summed E-state index contributed by atoms with van der Waals surface area (Å²) in [5, 5.41) is 2.87. The molecule has 19 heavy (non-hydrogen) atoms. The maximum atomic E-state index is 11.9. The summed E-state index contributed by atoms with van der Waals surface area (Å²) in [4.78, 5) is 8.16. The summed E-state index contributed by atoms with van der Waals surface area (Å²) in [5.74, 6) is 0.869. The molecule has 1 saturated carbocycles. The Morgan fingerprint density at radius 1 is 1.37 bits per heavy atom. The maximum Gasteiger partial charge on any atom is 0.441 e. The van der Waals surface area contributed by atoms with Crippen LogP contribution >= 0.6 is 11.8 Å². The number of nitrogens with two attached hydrogens (primary N) is 1. The van der Waals surface area contributed by atoms with E-state index >= 15 is 0 Å². The predicted molar refractivity (Wildman–Crippen MR) is 69.0 cm³/mol. The third-order valence-electron chi connectivity index (χ3n) is 2.95. The molecule has 3 N–H and O–H groups in total. The highest BCUT2D eigenvalue weighted by Crippen LogP contribution is 2.35. The molecule has 0 bridgehead atoms. The Hall–Kier alpha value is -1.02. The zero-order valence-electron chi connectivity index (χ0n) is 10.2. The van der Waals surface area contributed by atoms with Crippen LogP contribution in [-0.2, 0) is 0 Å². The Kier molecular flexibility index (Phi) is 4.51. The first kappa shape index (κ1) is 14.4. The van der Waals surface area contributed by atoms with Crippen LogP contribution in [0.4, 0.5) is 19.0 Å². The summed E-state index contributed by atoms with van der Waals surface area (Å²) in [7, 11) is 0. The van der Waals surface area contributed by atoms with Crippen LogP contribution in [0.15, 0.2) is 12.4 Å². The van der Waals surface area contributed by atoms with E-state index in [1.807, 2.05) is 0 Å². The third kappa shape index (κ3) is 4.54. The van der Waals surface area contributed by atoms with Gasteiger partial charge >= 0.3 is 5.51 Å². The first-order chi connectivity index (χ1) is 8.94. The summed E-state index contributed by atoms with van der Waals surface area (Å²) in [5.41, 5.74) is 2.44. The van der Waals surface area contributed by atoms with E-state index in [1.54, 1.807) is 6.07 Å². The van der Waals surface area contributed by atoms with Crippen molar-refractivity contribution in [3.05, 3.63) is 18.1 Å². The molecular formula is C11H15F3N4S. The van der Waals surface area contributed by atoms with Crippen molar-refractivity contribution in [1.82, 2.24) is 9.97 Å². The van der Waals surface area contributed by atoms with Gasteiger partial charge in [0.15, 0.2) is 0 Å². The van der Waals surface area contributed by atoms with Gasteiger partial charge in [0.25, 0.3) is 0 Å². The molecule has 1 heterocycles. The molecule has 0 spiro atoms. The van der Waals surface area contributed by atoms with Crippen LogP contribution < -0.4 is 11.1 Å². The number of thioether (sulfide) groups is 1. The molecule has 0 unspecified atom stereocenters. The minimum atomic E-state index is -4.18. The molecule has 0 aliphatic heterocycles.